The van der Waals surface area contributed by atoms with Crippen LogP contribution in [0, 0.1) is 0 Å². The highest BCUT2D eigenvalue weighted by atomic mass is 32.2. The minimum atomic E-state index is -3.49. The number of fused-ring (bicyclic) bond motifs is 1. The first-order valence-electron chi connectivity index (χ1n) is 25.5. The van der Waals surface area contributed by atoms with Gasteiger partial charge in [-0.3, -0.25) is 4.79 Å². The van der Waals surface area contributed by atoms with Crippen molar-refractivity contribution in [3.8, 4) is 0 Å². The molecule has 7 fully saturated rings. The number of hydrogen-bond donors (Lipinski definition) is 2. The van der Waals surface area contributed by atoms with Crippen molar-refractivity contribution in [2.45, 2.75) is 182 Å². The first-order chi connectivity index (χ1) is 35.0. The number of aliphatic hydroxyl groups is 2. The van der Waals surface area contributed by atoms with Crippen molar-refractivity contribution < 1.29 is 89.6 Å². The highest BCUT2D eigenvalue weighted by Gasteiger charge is 2.56. The summed E-state index contributed by atoms with van der Waals surface area (Å²) >= 11 is 0. The highest BCUT2D eigenvalue weighted by Crippen LogP contribution is 2.43. The monoisotopic (exact) mass is 1100 g/mol. The zero-order valence-electron chi connectivity index (χ0n) is 44.3. The van der Waals surface area contributed by atoms with Gasteiger partial charge in [-0.05, 0) is 71.9 Å². The van der Waals surface area contributed by atoms with E-state index in [-0.39, 0.29) is 29.8 Å². The van der Waals surface area contributed by atoms with Gasteiger partial charge in [-0.15, -0.1) is 0 Å². The number of cyclic esters (lactones) is 2. The Bertz CT molecular complexity index is 2090. The van der Waals surface area contributed by atoms with Crippen LogP contribution in [0.2, 0.25) is 0 Å². The molecule has 2 saturated carbocycles. The zero-order chi connectivity index (χ0) is 55.4. The van der Waals surface area contributed by atoms with E-state index >= 15 is 0 Å². The number of rotatable bonds is 6. The molecule has 0 amide bonds. The van der Waals surface area contributed by atoms with E-state index in [1.807, 2.05) is 0 Å². The summed E-state index contributed by atoms with van der Waals surface area (Å²) in [5, 5.41) is 17.1. The number of hydrogen-bond acceptors (Lipinski definition) is 15. The standard InChI is InChI=1S/2C14H21OS.C13H16F2O6.C9H12F2O3.C4H6O4/c2*1-14(2,3)12-4-6-13(7-5-12)16-10-8-15-9-11-16;1-12(14,15)11(17)19-7-2-4-13(5-3-7)20-8-6-18-10(16)9(8)21-13;1-9(10,11)8(13)14-7-4-2-6(12)3-5-7;5-2-1-8-4(7)3(2)6/h2*4-7H,8-11H2,1-3H3;7-9H,2-6H2,1H3;7H,2-5H2,1H3;2-3,5-6H,1H2/q2*+1;;;/t;;;;2-,3-/m....1/s1. The lowest BCUT2D eigenvalue weighted by molar-refractivity contribution is -0.222. The largest absolute Gasteiger partial charge is 0.461 e. The van der Waals surface area contributed by atoms with E-state index in [1.54, 1.807) is 0 Å². The summed E-state index contributed by atoms with van der Waals surface area (Å²) in [5.41, 5.74) is 3.37. The van der Waals surface area contributed by atoms with Gasteiger partial charge in [0.1, 0.15) is 66.4 Å². The van der Waals surface area contributed by atoms with Crippen molar-refractivity contribution >= 4 is 51.5 Å². The molecule has 2 aliphatic carbocycles. The summed E-state index contributed by atoms with van der Waals surface area (Å²) in [6.07, 6.45) is -1.71. The lowest BCUT2D eigenvalue weighted by Gasteiger charge is -2.36. The number of Topliss-reactive ketones (excluding diaryl/α,β-unsaturated/α-hetero) is 1. The maximum Gasteiger partial charge on any atom is 0.376 e. The van der Waals surface area contributed by atoms with Gasteiger partial charge in [-0.25, -0.2) is 19.2 Å². The Hall–Kier alpha value is -3.83. The molecule has 2 unspecified atom stereocenters. The van der Waals surface area contributed by atoms with E-state index in [4.69, 9.17) is 38.6 Å². The normalized spacial score (nSPS) is 26.6. The topological polar surface area (TPSA) is 200 Å². The molecule has 1 spiro atoms. The minimum absolute atomic E-state index is 0.0833. The number of alkyl halides is 4. The van der Waals surface area contributed by atoms with E-state index in [2.05, 4.69) is 99.5 Å². The summed E-state index contributed by atoms with van der Waals surface area (Å²) < 4.78 is 91.0. The molecule has 5 saturated heterocycles. The van der Waals surface area contributed by atoms with Crippen molar-refractivity contribution in [1.29, 1.82) is 0 Å². The molecule has 2 aromatic rings. The van der Waals surface area contributed by atoms with Gasteiger partial charge in [-0.1, -0.05) is 65.8 Å². The van der Waals surface area contributed by atoms with E-state index in [9.17, 15) is 41.5 Å². The first kappa shape index (κ1) is 62.0. The maximum atomic E-state index is 12.8. The third kappa shape index (κ3) is 19.2. The van der Waals surface area contributed by atoms with Crippen molar-refractivity contribution in [3.05, 3.63) is 59.7 Å². The van der Waals surface area contributed by atoms with Gasteiger partial charge in [0.05, 0.1) is 26.4 Å². The van der Waals surface area contributed by atoms with Crippen LogP contribution in [0.4, 0.5) is 17.6 Å². The van der Waals surface area contributed by atoms with Crippen molar-refractivity contribution in [2.24, 2.45) is 0 Å². The summed E-state index contributed by atoms with van der Waals surface area (Å²) in [6.45, 7) is 18.4. The number of carbonyl (C=O) groups excluding carboxylic acids is 5. The Balaban J connectivity index is 0.000000178. The second-order valence-electron chi connectivity index (χ2n) is 21.5. The molecular weight excluding hydrogens is 1030 g/mol. The predicted molar refractivity (Wildman–Crippen MR) is 272 cm³/mol. The van der Waals surface area contributed by atoms with Gasteiger partial charge in [0.2, 0.25) is 0 Å². The Morgan fingerprint density at radius 2 is 0.987 bits per heavy atom. The van der Waals surface area contributed by atoms with Gasteiger partial charge < -0.3 is 48.1 Å². The van der Waals surface area contributed by atoms with Crippen LogP contribution in [0.5, 0.6) is 0 Å². The van der Waals surface area contributed by atoms with Gasteiger partial charge in [0.15, 0.2) is 27.8 Å². The summed E-state index contributed by atoms with van der Waals surface area (Å²) in [5.74, 6) is -7.10. The molecule has 5 heterocycles. The molecule has 21 heteroatoms. The average molecular weight is 1110 g/mol. The number of carbonyl (C=O) groups is 5. The second-order valence-corrected chi connectivity index (χ2v) is 26.0. The fourth-order valence-corrected chi connectivity index (χ4v) is 12.1. The third-order valence-corrected chi connectivity index (χ3v) is 17.6. The van der Waals surface area contributed by atoms with E-state index in [0.29, 0.717) is 87.0 Å². The Labute approximate surface area is 443 Å². The van der Waals surface area contributed by atoms with Crippen LogP contribution in [0.25, 0.3) is 0 Å². The Morgan fingerprint density at radius 1 is 0.587 bits per heavy atom. The van der Waals surface area contributed by atoms with Crippen LogP contribution in [0.15, 0.2) is 58.3 Å². The molecule has 0 bridgehead atoms. The molecule has 0 aromatic heterocycles. The van der Waals surface area contributed by atoms with E-state index < -0.39 is 78.1 Å². The molecule has 420 valence electrons. The van der Waals surface area contributed by atoms with Gasteiger partial charge >= 0.3 is 35.7 Å². The first-order valence-corrected chi connectivity index (χ1v) is 28.6. The molecule has 15 nitrogen and oxygen atoms in total. The van der Waals surface area contributed by atoms with Gasteiger partial charge in [0, 0.05) is 61.3 Å². The quantitative estimate of drug-likeness (QED) is 0.128. The number of ketones is 1. The zero-order valence-corrected chi connectivity index (χ0v) is 46.0. The number of ether oxygens (including phenoxy) is 8. The third-order valence-electron chi connectivity index (χ3n) is 13.1. The summed E-state index contributed by atoms with van der Waals surface area (Å²) in [4.78, 5) is 57.3. The average Bonchev–Trinajstić information content (AvgIpc) is 4.00. The lowest BCUT2D eigenvalue weighted by atomic mass is 9.87. The molecule has 9 rings (SSSR count). The Kier molecular flexibility index (Phi) is 22.5. The molecule has 2 aromatic carbocycles. The van der Waals surface area contributed by atoms with Crippen LogP contribution >= 0.6 is 0 Å². The van der Waals surface area contributed by atoms with Crippen LogP contribution in [0.3, 0.4) is 0 Å². The number of benzene rings is 2. The van der Waals surface area contributed by atoms with Gasteiger partial charge in [-0.2, -0.15) is 17.6 Å². The van der Waals surface area contributed by atoms with Crippen LogP contribution in [0.1, 0.15) is 118 Å². The van der Waals surface area contributed by atoms with E-state index in [0.717, 1.165) is 26.4 Å². The smallest absolute Gasteiger partial charge is 0.376 e. The minimum Gasteiger partial charge on any atom is -0.461 e. The number of halogens is 4. The SMILES string of the molecule is CC(C)(C)c1ccc([S+]2CCOCC2)cc1.CC(C)(C)c1ccc([S+]2CCOCC2)cc1.CC(F)(F)C(=O)OC1CCC(=O)CC1.CC(F)(F)C(=O)OC1CCC2(CC1)OC1COC(=O)C1O2.O=C1OC[C@@H](O)[C@H]1O. The second kappa shape index (κ2) is 27.2. The molecule has 7 aliphatic rings. The lowest BCUT2D eigenvalue weighted by Crippen LogP contribution is -2.41. The number of esters is 4. The Morgan fingerprint density at radius 3 is 1.32 bits per heavy atom. The molecule has 2 N–H and O–H groups in total. The van der Waals surface area contributed by atoms with Crippen molar-refractivity contribution in [2.75, 3.05) is 62.7 Å². The molecule has 5 aliphatic heterocycles. The number of aliphatic hydroxyl groups excluding tert-OH is 2. The predicted octanol–water partition coefficient (Wildman–Crippen LogP) is 7.11. The van der Waals surface area contributed by atoms with Crippen LogP contribution in [-0.4, -0.2) is 157 Å². The highest BCUT2D eigenvalue weighted by molar-refractivity contribution is 7.97. The molecule has 4 atom stereocenters. The van der Waals surface area contributed by atoms with Crippen LogP contribution < -0.4 is 0 Å². The fourth-order valence-electron chi connectivity index (χ4n) is 8.48. The fraction of sp³-hybridized carbons (Fsp3) is 0.685. The molecule has 75 heavy (non-hydrogen) atoms. The summed E-state index contributed by atoms with van der Waals surface area (Å²) in [7, 11) is 0.864. The van der Waals surface area contributed by atoms with Crippen molar-refractivity contribution in [1.82, 2.24) is 0 Å². The van der Waals surface area contributed by atoms with Crippen LogP contribution in [-0.2, 0) is 94.5 Å². The summed E-state index contributed by atoms with van der Waals surface area (Å²) in [6, 6.07) is 18.4. The molecule has 0 radical (unpaired) electrons. The van der Waals surface area contributed by atoms with Crippen molar-refractivity contribution in [3.63, 3.8) is 0 Å². The van der Waals surface area contributed by atoms with E-state index in [1.165, 1.54) is 43.9 Å². The maximum absolute atomic E-state index is 12.8. The van der Waals surface area contributed by atoms with Gasteiger partial charge in [0.25, 0.3) is 0 Å². The molecular formula is C54H76F4O15S2+2.